The first kappa shape index (κ1) is 18.7. The highest BCUT2D eigenvalue weighted by molar-refractivity contribution is 6.03. The van der Waals surface area contributed by atoms with Crippen molar-refractivity contribution in [2.24, 2.45) is 11.8 Å². The number of ether oxygens (including phenoxy) is 2. The van der Waals surface area contributed by atoms with Gasteiger partial charge in [0.2, 0.25) is 11.8 Å². The Bertz CT molecular complexity index is 868. The predicted octanol–water partition coefficient (Wildman–Crippen LogP) is 2.77. The van der Waals surface area contributed by atoms with E-state index in [-0.39, 0.29) is 24.0 Å². The second-order valence-electron chi connectivity index (χ2n) is 8.62. The van der Waals surface area contributed by atoms with E-state index in [0.717, 1.165) is 31.5 Å². The molecule has 2 amide bonds. The number of fused-ring (bicyclic) bond motifs is 1. The lowest BCUT2D eigenvalue weighted by atomic mass is 9.76. The molecule has 3 fully saturated rings. The van der Waals surface area contributed by atoms with Gasteiger partial charge in [-0.15, -0.1) is 0 Å². The van der Waals surface area contributed by atoms with Crippen LogP contribution in [0.4, 0.5) is 5.69 Å². The lowest BCUT2D eigenvalue weighted by Gasteiger charge is -2.38. The summed E-state index contributed by atoms with van der Waals surface area (Å²) in [6.45, 7) is 3.37. The van der Waals surface area contributed by atoms with Crippen molar-refractivity contribution in [2.75, 3.05) is 25.1 Å². The Labute approximate surface area is 171 Å². The summed E-state index contributed by atoms with van der Waals surface area (Å²) in [4.78, 5) is 30.9. The molecule has 5 atom stereocenters. The predicted molar refractivity (Wildman–Crippen MR) is 109 cm³/mol. The van der Waals surface area contributed by atoms with Crippen molar-refractivity contribution in [1.82, 2.24) is 4.90 Å². The average Bonchev–Trinajstić information content (AvgIpc) is 3.41. The van der Waals surface area contributed by atoms with Gasteiger partial charge in [-0.25, -0.2) is 0 Å². The van der Waals surface area contributed by atoms with Crippen molar-refractivity contribution in [3.63, 3.8) is 0 Å². The second-order valence-corrected chi connectivity index (χ2v) is 8.62. The molecule has 2 bridgehead atoms. The summed E-state index contributed by atoms with van der Waals surface area (Å²) >= 11 is 0. The summed E-state index contributed by atoms with van der Waals surface area (Å²) in [7, 11) is 1.61. The maximum absolute atomic E-state index is 13.6. The molecular formula is C23H28N2O4. The van der Waals surface area contributed by atoms with E-state index in [1.165, 1.54) is 6.42 Å². The number of methoxy groups -OCH3 is 1. The van der Waals surface area contributed by atoms with E-state index in [1.807, 2.05) is 41.3 Å². The van der Waals surface area contributed by atoms with E-state index in [1.54, 1.807) is 12.0 Å². The van der Waals surface area contributed by atoms with Crippen molar-refractivity contribution >= 4 is 17.5 Å². The van der Waals surface area contributed by atoms with E-state index < -0.39 is 17.4 Å². The van der Waals surface area contributed by atoms with Crippen LogP contribution in [0.5, 0.6) is 5.75 Å². The zero-order chi connectivity index (χ0) is 20.2. The van der Waals surface area contributed by atoms with E-state index >= 15 is 0 Å². The molecule has 4 aliphatic heterocycles. The van der Waals surface area contributed by atoms with Gasteiger partial charge in [-0.1, -0.05) is 25.1 Å². The van der Waals surface area contributed by atoms with Gasteiger partial charge in [0.1, 0.15) is 11.4 Å². The second kappa shape index (κ2) is 6.87. The summed E-state index contributed by atoms with van der Waals surface area (Å²) < 4.78 is 11.6. The van der Waals surface area contributed by atoms with Crippen LogP contribution in [0, 0.1) is 11.8 Å². The Morgan fingerprint density at radius 2 is 2.21 bits per heavy atom. The first-order valence-corrected chi connectivity index (χ1v) is 10.7. The van der Waals surface area contributed by atoms with Gasteiger partial charge in [-0.05, 0) is 37.8 Å². The van der Waals surface area contributed by atoms with Crippen LogP contribution in [0.3, 0.4) is 0 Å². The number of hydrogen-bond donors (Lipinski definition) is 0. The number of piperidine rings is 1. The third-order valence-electron chi connectivity index (χ3n) is 7.13. The number of likely N-dealkylation sites (tertiary alicyclic amines) is 1. The Kier molecular flexibility index (Phi) is 4.42. The number of carbonyl (C=O) groups excluding carboxylic acids is 2. The molecule has 4 heterocycles. The highest BCUT2D eigenvalue weighted by atomic mass is 16.5. The molecule has 0 aromatic heterocycles. The summed E-state index contributed by atoms with van der Waals surface area (Å²) in [5, 5.41) is 0. The van der Waals surface area contributed by atoms with Crippen LogP contribution in [0.2, 0.25) is 0 Å². The minimum Gasteiger partial charge on any atom is -0.497 e. The smallest absolute Gasteiger partial charge is 0.234 e. The van der Waals surface area contributed by atoms with Gasteiger partial charge in [0.05, 0.1) is 31.6 Å². The van der Waals surface area contributed by atoms with Gasteiger partial charge in [0.15, 0.2) is 0 Å². The van der Waals surface area contributed by atoms with Gasteiger partial charge < -0.3 is 19.3 Å². The van der Waals surface area contributed by atoms with Gasteiger partial charge >= 0.3 is 0 Å². The van der Waals surface area contributed by atoms with Crippen LogP contribution in [-0.4, -0.2) is 54.7 Å². The maximum Gasteiger partial charge on any atom is 0.234 e. The van der Waals surface area contributed by atoms with Gasteiger partial charge in [-0.2, -0.15) is 0 Å². The zero-order valence-corrected chi connectivity index (χ0v) is 17.0. The number of amides is 2. The van der Waals surface area contributed by atoms with Gasteiger partial charge in [0.25, 0.3) is 0 Å². The highest BCUT2D eigenvalue weighted by Gasteiger charge is 2.67. The summed E-state index contributed by atoms with van der Waals surface area (Å²) in [6.07, 6.45) is 7.93. The first-order chi connectivity index (χ1) is 14.1. The van der Waals surface area contributed by atoms with Gasteiger partial charge in [0, 0.05) is 24.3 Å². The molecule has 5 rings (SSSR count). The molecular weight excluding hydrogens is 368 g/mol. The fourth-order valence-corrected chi connectivity index (χ4v) is 5.68. The number of rotatable bonds is 4. The van der Waals surface area contributed by atoms with Crippen LogP contribution < -0.4 is 9.64 Å². The molecule has 3 saturated heterocycles. The topological polar surface area (TPSA) is 59.1 Å². The van der Waals surface area contributed by atoms with Gasteiger partial charge in [-0.3, -0.25) is 9.59 Å². The van der Waals surface area contributed by atoms with Crippen molar-refractivity contribution in [2.45, 2.75) is 50.4 Å². The van der Waals surface area contributed by atoms with E-state index in [2.05, 4.69) is 6.92 Å². The molecule has 0 aliphatic carbocycles. The van der Waals surface area contributed by atoms with Crippen LogP contribution >= 0.6 is 0 Å². The molecule has 0 radical (unpaired) electrons. The Morgan fingerprint density at radius 3 is 3.00 bits per heavy atom. The number of hydrogen-bond acceptors (Lipinski definition) is 4. The van der Waals surface area contributed by atoms with Crippen LogP contribution in [0.15, 0.2) is 36.4 Å². The third kappa shape index (κ3) is 2.72. The molecule has 6 heteroatoms. The monoisotopic (exact) mass is 396 g/mol. The quantitative estimate of drug-likeness (QED) is 0.735. The molecule has 0 N–H and O–H groups in total. The molecule has 0 saturated carbocycles. The Balaban J connectivity index is 1.46. The van der Waals surface area contributed by atoms with E-state index in [4.69, 9.17) is 9.47 Å². The maximum atomic E-state index is 13.6. The molecule has 1 aromatic rings. The molecule has 1 aromatic carbocycles. The normalized spacial score (nSPS) is 35.3. The van der Waals surface area contributed by atoms with Crippen molar-refractivity contribution in [3.8, 4) is 5.75 Å². The highest BCUT2D eigenvalue weighted by Crippen LogP contribution is 2.53. The number of benzene rings is 1. The molecule has 5 unspecified atom stereocenters. The Morgan fingerprint density at radius 1 is 1.34 bits per heavy atom. The number of anilines is 1. The van der Waals surface area contributed by atoms with E-state index in [9.17, 15) is 9.59 Å². The standard InChI is InChI=1S/C23H28N2O4/c1-3-15-7-4-5-12-24(15)21(26)19-18-10-11-23(29-18)14-25(22(27)20(19)23)16-8-6-9-17(13-16)28-2/h6,8-11,13,15,18-20H,3-5,7,12,14H2,1-2H3. The van der Waals surface area contributed by atoms with Crippen LogP contribution in [0.25, 0.3) is 0 Å². The SMILES string of the molecule is CCC1CCCCN1C(=O)C1C2C=CC3(CN(c4cccc(OC)c4)C(=O)C13)O2. The molecule has 6 nitrogen and oxygen atoms in total. The van der Waals surface area contributed by atoms with Crippen LogP contribution in [0.1, 0.15) is 32.6 Å². The largest absolute Gasteiger partial charge is 0.497 e. The molecule has 4 aliphatic rings. The minimum absolute atomic E-state index is 0.0199. The number of carbonyl (C=O) groups is 2. The summed E-state index contributed by atoms with van der Waals surface area (Å²) in [5.74, 6) is -0.0876. The molecule has 1 spiro atoms. The fourth-order valence-electron chi connectivity index (χ4n) is 5.68. The van der Waals surface area contributed by atoms with Crippen LogP contribution in [-0.2, 0) is 14.3 Å². The summed E-state index contributed by atoms with van der Waals surface area (Å²) in [5.41, 5.74) is 0.0945. The average molecular weight is 396 g/mol. The minimum atomic E-state index is -0.692. The van der Waals surface area contributed by atoms with Crippen molar-refractivity contribution in [1.29, 1.82) is 0 Å². The lowest BCUT2D eigenvalue weighted by molar-refractivity contribution is -0.143. The third-order valence-corrected chi connectivity index (χ3v) is 7.13. The van der Waals surface area contributed by atoms with Crippen molar-refractivity contribution in [3.05, 3.63) is 36.4 Å². The molecule has 29 heavy (non-hydrogen) atoms. The molecule has 154 valence electrons. The fraction of sp³-hybridized carbons (Fsp3) is 0.565. The first-order valence-electron chi connectivity index (χ1n) is 10.7. The summed E-state index contributed by atoms with van der Waals surface area (Å²) in [6, 6.07) is 7.78. The lowest BCUT2D eigenvalue weighted by Crippen LogP contribution is -2.51. The zero-order valence-electron chi connectivity index (χ0n) is 17.0. The Hall–Kier alpha value is -2.34. The number of nitrogens with zero attached hydrogens (tertiary/aromatic N) is 2. The van der Waals surface area contributed by atoms with E-state index in [0.29, 0.717) is 12.3 Å². The van der Waals surface area contributed by atoms with Crippen molar-refractivity contribution < 1.29 is 19.1 Å².